The van der Waals surface area contributed by atoms with E-state index < -0.39 is 4.92 Å². The van der Waals surface area contributed by atoms with Gasteiger partial charge in [-0.05, 0) is 31.6 Å². The van der Waals surface area contributed by atoms with Crippen LogP contribution < -0.4 is 9.47 Å². The average Bonchev–Trinajstić information content (AvgIpc) is 2.94. The summed E-state index contributed by atoms with van der Waals surface area (Å²) >= 11 is 5.15. The topological polar surface area (TPSA) is 108 Å². The minimum Gasteiger partial charge on any atom is -0.493 e. The molecule has 1 aromatic heterocycles. The van der Waals surface area contributed by atoms with Gasteiger partial charge in [-0.15, -0.1) is 0 Å². The highest BCUT2D eigenvalue weighted by molar-refractivity contribution is 7.71. The maximum Gasteiger partial charge on any atom is 0.315 e. The molecule has 0 aliphatic heterocycles. The summed E-state index contributed by atoms with van der Waals surface area (Å²) < 4.78 is 12.4. The average molecular weight is 365 g/mol. The van der Waals surface area contributed by atoms with Crippen LogP contribution in [-0.2, 0) is 6.42 Å². The Balaban J connectivity index is 2.46. The molecule has 0 aliphatic rings. The van der Waals surface area contributed by atoms with Crippen molar-refractivity contribution in [2.75, 3.05) is 13.7 Å². The molecular weight excluding hydrogens is 346 g/mol. The number of aromatic amines is 1. The number of rotatable bonds is 8. The molecule has 1 N–H and O–H groups in total. The van der Waals surface area contributed by atoms with Gasteiger partial charge in [0.1, 0.15) is 0 Å². The fourth-order valence-corrected chi connectivity index (χ4v) is 2.41. The van der Waals surface area contributed by atoms with Crippen molar-refractivity contribution in [1.29, 1.82) is 0 Å². The van der Waals surface area contributed by atoms with E-state index in [1.165, 1.54) is 24.1 Å². The summed E-state index contributed by atoms with van der Waals surface area (Å²) in [6.45, 7) is 4.05. The van der Waals surface area contributed by atoms with Crippen LogP contribution in [0.4, 0.5) is 5.69 Å². The summed E-state index contributed by atoms with van der Waals surface area (Å²) in [4.78, 5) is 10.8. The molecule has 2 rings (SSSR count). The van der Waals surface area contributed by atoms with E-state index in [1.54, 1.807) is 13.0 Å². The fraction of sp³-hybridized carbons (Fsp3) is 0.400. The largest absolute Gasteiger partial charge is 0.493 e. The first-order valence-corrected chi connectivity index (χ1v) is 8.12. The Kier molecular flexibility index (Phi) is 6.23. The molecule has 0 saturated heterocycles. The molecule has 9 nitrogen and oxygen atoms in total. The monoisotopic (exact) mass is 365 g/mol. The molecule has 2 aromatic rings. The summed E-state index contributed by atoms with van der Waals surface area (Å²) in [5, 5.41) is 22.4. The maximum atomic E-state index is 11.3. The zero-order valence-electron chi connectivity index (χ0n) is 14.2. The summed E-state index contributed by atoms with van der Waals surface area (Å²) in [6, 6.07) is 2.99. The summed E-state index contributed by atoms with van der Waals surface area (Å²) in [5.74, 6) is 1.05. The number of nitro benzene ring substituents is 1. The van der Waals surface area contributed by atoms with Crippen molar-refractivity contribution in [2.45, 2.75) is 26.7 Å². The second kappa shape index (κ2) is 8.38. The van der Waals surface area contributed by atoms with E-state index in [1.807, 2.05) is 6.92 Å². The molecule has 0 bridgehead atoms. The van der Waals surface area contributed by atoms with E-state index in [-0.39, 0.29) is 23.8 Å². The summed E-state index contributed by atoms with van der Waals surface area (Å²) in [6.07, 6.45) is 3.06. The van der Waals surface area contributed by atoms with Crippen LogP contribution in [0.5, 0.6) is 11.5 Å². The number of ether oxygens (including phenoxy) is 2. The van der Waals surface area contributed by atoms with E-state index in [4.69, 9.17) is 21.7 Å². The molecule has 0 unspecified atom stereocenters. The third kappa shape index (κ3) is 4.21. The van der Waals surface area contributed by atoms with Crippen molar-refractivity contribution in [1.82, 2.24) is 14.9 Å². The predicted octanol–water partition coefficient (Wildman–Crippen LogP) is 3.09. The highest BCUT2D eigenvalue weighted by Crippen LogP contribution is 2.37. The molecule has 0 fully saturated rings. The molecule has 0 saturated carbocycles. The number of hydrogen-bond acceptors (Lipinski definition) is 7. The van der Waals surface area contributed by atoms with Crippen LogP contribution in [0.25, 0.3) is 0 Å². The molecule has 0 atom stereocenters. The molecule has 0 radical (unpaired) electrons. The Labute approximate surface area is 149 Å². The number of hydrogen-bond donors (Lipinski definition) is 1. The normalized spacial score (nSPS) is 11.0. The SMILES string of the molecule is CCCc1n[nH]c(=S)n1/N=C\c1cc(OC)c(OCC)c([N+](=O)[O-])c1. The lowest BCUT2D eigenvalue weighted by molar-refractivity contribution is -0.385. The Hall–Kier alpha value is -2.75. The van der Waals surface area contributed by atoms with E-state index >= 15 is 0 Å². The van der Waals surface area contributed by atoms with Crippen LogP contribution in [-0.4, -0.2) is 39.7 Å². The van der Waals surface area contributed by atoms with E-state index in [0.29, 0.717) is 22.6 Å². The number of methoxy groups -OCH3 is 1. The van der Waals surface area contributed by atoms with Gasteiger partial charge < -0.3 is 9.47 Å². The first-order chi connectivity index (χ1) is 12.0. The van der Waals surface area contributed by atoms with Crippen LogP contribution in [0.1, 0.15) is 31.7 Å². The second-order valence-corrected chi connectivity index (χ2v) is 5.40. The third-order valence-electron chi connectivity index (χ3n) is 3.28. The van der Waals surface area contributed by atoms with E-state index in [2.05, 4.69) is 15.3 Å². The molecular formula is C15H19N5O4S. The maximum absolute atomic E-state index is 11.3. The van der Waals surface area contributed by atoms with E-state index in [9.17, 15) is 10.1 Å². The Morgan fingerprint density at radius 3 is 2.84 bits per heavy atom. The summed E-state index contributed by atoms with van der Waals surface area (Å²) in [7, 11) is 1.42. The number of nitro groups is 1. The van der Waals surface area contributed by atoms with Gasteiger partial charge in [-0.25, -0.2) is 0 Å². The van der Waals surface area contributed by atoms with Crippen LogP contribution >= 0.6 is 12.2 Å². The van der Waals surface area contributed by atoms with Gasteiger partial charge in [-0.2, -0.15) is 14.9 Å². The number of aromatic nitrogens is 3. The first-order valence-electron chi connectivity index (χ1n) is 7.71. The van der Waals surface area contributed by atoms with Crippen LogP contribution in [0, 0.1) is 14.9 Å². The zero-order chi connectivity index (χ0) is 18.4. The number of H-pyrrole nitrogens is 1. The second-order valence-electron chi connectivity index (χ2n) is 5.01. The van der Waals surface area contributed by atoms with Crippen molar-refractivity contribution < 1.29 is 14.4 Å². The molecule has 1 aromatic carbocycles. The van der Waals surface area contributed by atoms with Crippen LogP contribution in [0.2, 0.25) is 0 Å². The summed E-state index contributed by atoms with van der Waals surface area (Å²) in [5.41, 5.74) is 0.296. The van der Waals surface area contributed by atoms with Crippen LogP contribution in [0.15, 0.2) is 17.2 Å². The van der Waals surface area contributed by atoms with Gasteiger partial charge in [0.2, 0.25) is 10.5 Å². The van der Waals surface area contributed by atoms with Crippen molar-refractivity contribution in [3.63, 3.8) is 0 Å². The van der Waals surface area contributed by atoms with Crippen molar-refractivity contribution in [3.8, 4) is 11.5 Å². The lowest BCUT2D eigenvalue weighted by Gasteiger charge is -2.10. The third-order valence-corrected chi connectivity index (χ3v) is 3.54. The quantitative estimate of drug-likeness (QED) is 0.333. The van der Waals surface area contributed by atoms with Gasteiger partial charge >= 0.3 is 5.69 Å². The fourth-order valence-electron chi connectivity index (χ4n) is 2.21. The van der Waals surface area contributed by atoms with Gasteiger partial charge in [0.05, 0.1) is 24.9 Å². The number of nitrogens with one attached hydrogen (secondary N) is 1. The first kappa shape index (κ1) is 18.6. The van der Waals surface area contributed by atoms with Gasteiger partial charge in [0.15, 0.2) is 11.6 Å². The number of benzene rings is 1. The minimum absolute atomic E-state index is 0.0961. The number of aryl methyl sites for hydroxylation is 1. The Morgan fingerprint density at radius 1 is 1.48 bits per heavy atom. The Morgan fingerprint density at radius 2 is 2.24 bits per heavy atom. The van der Waals surface area contributed by atoms with Crippen molar-refractivity contribution in [2.24, 2.45) is 5.10 Å². The number of nitrogens with zero attached hydrogens (tertiary/aromatic N) is 4. The molecule has 10 heteroatoms. The predicted molar refractivity (Wildman–Crippen MR) is 95.2 cm³/mol. The van der Waals surface area contributed by atoms with Crippen LogP contribution in [0.3, 0.4) is 0 Å². The molecule has 0 spiro atoms. The zero-order valence-corrected chi connectivity index (χ0v) is 15.0. The molecule has 1 heterocycles. The molecule has 0 amide bonds. The highest BCUT2D eigenvalue weighted by atomic mass is 32.1. The lowest BCUT2D eigenvalue weighted by atomic mass is 10.2. The molecule has 25 heavy (non-hydrogen) atoms. The van der Waals surface area contributed by atoms with Gasteiger partial charge in [0, 0.05) is 18.1 Å². The minimum atomic E-state index is -0.517. The van der Waals surface area contributed by atoms with Gasteiger partial charge in [-0.3, -0.25) is 15.2 Å². The standard InChI is InChI=1S/C15H19N5O4S/c1-4-6-13-17-18-15(25)19(13)16-9-10-7-11(20(21)22)14(24-5-2)12(8-10)23-3/h7-9H,4-6H2,1-3H3,(H,18,25)/b16-9-. The van der Waals surface area contributed by atoms with Gasteiger partial charge in [0.25, 0.3) is 0 Å². The Bertz CT molecular complexity index is 843. The lowest BCUT2D eigenvalue weighted by Crippen LogP contribution is -2.02. The smallest absolute Gasteiger partial charge is 0.315 e. The van der Waals surface area contributed by atoms with Crippen molar-refractivity contribution >= 4 is 24.1 Å². The molecule has 134 valence electrons. The van der Waals surface area contributed by atoms with E-state index in [0.717, 1.165) is 6.42 Å². The van der Waals surface area contributed by atoms with Gasteiger partial charge in [-0.1, -0.05) is 6.92 Å². The highest BCUT2D eigenvalue weighted by Gasteiger charge is 2.21. The molecule has 0 aliphatic carbocycles. The van der Waals surface area contributed by atoms with Crippen molar-refractivity contribution in [3.05, 3.63) is 38.4 Å².